The Kier molecular flexibility index (Phi) is 6.34. The number of nitrogens with one attached hydrogen (secondary N) is 1. The molecule has 2 aromatic heterocycles. The second-order valence-corrected chi connectivity index (χ2v) is 11.7. The van der Waals surface area contributed by atoms with Gasteiger partial charge in [0.1, 0.15) is 12.1 Å². The lowest BCUT2D eigenvalue weighted by Gasteiger charge is -2.48. The number of ether oxygens (including phenoxy) is 1. The first-order valence-corrected chi connectivity index (χ1v) is 13.6. The van der Waals surface area contributed by atoms with E-state index in [1.807, 2.05) is 6.20 Å². The highest BCUT2D eigenvalue weighted by molar-refractivity contribution is 5.97. The Morgan fingerprint density at radius 3 is 2.55 bits per heavy atom. The van der Waals surface area contributed by atoms with Crippen molar-refractivity contribution in [3.05, 3.63) is 36.3 Å². The molecule has 6 rings (SSSR count). The van der Waals surface area contributed by atoms with Crippen LogP contribution in [0.2, 0.25) is 0 Å². The summed E-state index contributed by atoms with van der Waals surface area (Å²) in [4.78, 5) is 22.0. The third-order valence-electron chi connectivity index (χ3n) is 8.46. The van der Waals surface area contributed by atoms with Crippen molar-refractivity contribution in [1.29, 1.82) is 0 Å². The van der Waals surface area contributed by atoms with E-state index in [0.29, 0.717) is 42.0 Å². The van der Waals surface area contributed by atoms with Crippen LogP contribution >= 0.6 is 0 Å². The fourth-order valence-electron chi connectivity index (χ4n) is 5.92. The van der Waals surface area contributed by atoms with Gasteiger partial charge >= 0.3 is 0 Å². The molecule has 202 valence electrons. The zero-order chi connectivity index (χ0) is 26.5. The van der Waals surface area contributed by atoms with Gasteiger partial charge in [-0.05, 0) is 55.2 Å². The normalized spacial score (nSPS) is 25.2. The van der Waals surface area contributed by atoms with Crippen molar-refractivity contribution in [2.24, 2.45) is 5.41 Å². The van der Waals surface area contributed by atoms with Crippen molar-refractivity contribution in [2.75, 3.05) is 54.5 Å². The molecule has 38 heavy (non-hydrogen) atoms. The molecule has 9 nitrogen and oxygen atoms in total. The summed E-state index contributed by atoms with van der Waals surface area (Å²) in [6.07, 6.45) is 5.01. The van der Waals surface area contributed by atoms with E-state index in [1.54, 1.807) is 4.90 Å². The number of hydrogen-bond donors (Lipinski definition) is 2. The molecule has 3 saturated heterocycles. The van der Waals surface area contributed by atoms with Gasteiger partial charge in [0.15, 0.2) is 5.67 Å². The predicted octanol–water partition coefficient (Wildman–Crippen LogP) is 4.20. The number of piperidine rings is 2. The Balaban J connectivity index is 1.26. The molecule has 0 bridgehead atoms. The van der Waals surface area contributed by atoms with Crippen LogP contribution in [-0.4, -0.2) is 76.2 Å². The number of aromatic nitrogens is 4. The highest BCUT2D eigenvalue weighted by Gasteiger charge is 2.41. The van der Waals surface area contributed by atoms with Crippen molar-refractivity contribution in [1.82, 2.24) is 19.9 Å². The van der Waals surface area contributed by atoms with Gasteiger partial charge in [0.2, 0.25) is 11.9 Å². The highest BCUT2D eigenvalue weighted by atomic mass is 19.1. The van der Waals surface area contributed by atoms with Gasteiger partial charge in [0, 0.05) is 42.3 Å². The lowest BCUT2D eigenvalue weighted by Crippen LogP contribution is -2.52. The van der Waals surface area contributed by atoms with Crippen molar-refractivity contribution in [3.63, 3.8) is 0 Å². The van der Waals surface area contributed by atoms with Crippen LogP contribution in [0.4, 0.5) is 27.8 Å². The smallest absolute Gasteiger partial charge is 0.233 e. The lowest BCUT2D eigenvalue weighted by molar-refractivity contribution is -0.124. The Labute approximate surface area is 222 Å². The molecule has 3 aromatic rings. The van der Waals surface area contributed by atoms with Crippen LogP contribution in [0.5, 0.6) is 0 Å². The van der Waals surface area contributed by atoms with Gasteiger partial charge in [-0.15, -0.1) is 0 Å². The number of pyridine rings is 1. The fraction of sp³-hybridized carbons (Fsp3) is 0.571. The summed E-state index contributed by atoms with van der Waals surface area (Å²) >= 11 is 0. The van der Waals surface area contributed by atoms with Gasteiger partial charge in [-0.2, -0.15) is 4.98 Å². The molecule has 3 aliphatic heterocycles. The molecular weight excluding hydrogens is 485 g/mol. The molecule has 5 heterocycles. The Morgan fingerprint density at radius 2 is 1.87 bits per heavy atom. The number of hydrogen-bond acceptors (Lipinski definition) is 9. The van der Waals surface area contributed by atoms with Crippen LogP contribution < -0.4 is 15.1 Å². The van der Waals surface area contributed by atoms with E-state index >= 15 is 0 Å². The number of nitrogens with zero attached hydrogens (tertiary/aromatic N) is 6. The van der Waals surface area contributed by atoms with Gasteiger partial charge in [0.25, 0.3) is 0 Å². The van der Waals surface area contributed by atoms with Crippen LogP contribution in [0.25, 0.3) is 10.8 Å². The summed E-state index contributed by atoms with van der Waals surface area (Å²) in [5, 5.41) is 15.5. The number of anilines is 4. The van der Waals surface area contributed by atoms with Crippen molar-refractivity contribution in [3.8, 4) is 0 Å². The van der Waals surface area contributed by atoms with Crippen LogP contribution in [0.15, 0.2) is 30.7 Å². The molecular formula is C28H36FN7O2. The molecule has 1 aromatic carbocycles. The summed E-state index contributed by atoms with van der Waals surface area (Å²) in [6, 6.07) is 6.55. The van der Waals surface area contributed by atoms with Crippen LogP contribution in [0, 0.1) is 5.41 Å². The number of aliphatic hydroxyl groups excluding tert-OH is 1. The SMILES string of the molecule is CC(C)c1ccc(N2CCC3(CC2)COC3)c2cnc(Nc3ncnc(N4CC[C@@H](O)[C@@](C)(F)C4)n3)cc12. The molecule has 2 N–H and O–H groups in total. The van der Waals surface area contributed by atoms with E-state index in [1.165, 1.54) is 24.5 Å². The quantitative estimate of drug-likeness (QED) is 0.512. The number of aliphatic hydroxyl groups is 1. The summed E-state index contributed by atoms with van der Waals surface area (Å²) in [6.45, 7) is 10.2. The number of benzene rings is 1. The van der Waals surface area contributed by atoms with Gasteiger partial charge < -0.3 is 25.0 Å². The van der Waals surface area contributed by atoms with Crippen molar-refractivity contribution in [2.45, 2.75) is 57.7 Å². The van der Waals surface area contributed by atoms with E-state index in [9.17, 15) is 9.50 Å². The Hall–Kier alpha value is -3.11. The maximum absolute atomic E-state index is 14.7. The minimum Gasteiger partial charge on any atom is -0.390 e. The molecule has 3 fully saturated rings. The number of halogens is 1. The van der Waals surface area contributed by atoms with Gasteiger partial charge in [-0.25, -0.2) is 19.3 Å². The molecule has 10 heteroatoms. The summed E-state index contributed by atoms with van der Waals surface area (Å²) in [5.74, 6) is 1.72. The largest absolute Gasteiger partial charge is 0.390 e. The van der Waals surface area contributed by atoms with Crippen molar-refractivity contribution < 1.29 is 14.2 Å². The van der Waals surface area contributed by atoms with E-state index < -0.39 is 11.8 Å². The first kappa shape index (κ1) is 25.2. The first-order chi connectivity index (χ1) is 18.2. The number of alkyl halides is 1. The monoisotopic (exact) mass is 521 g/mol. The van der Waals surface area contributed by atoms with Gasteiger partial charge in [0.05, 0.1) is 25.9 Å². The molecule has 0 unspecified atom stereocenters. The summed E-state index contributed by atoms with van der Waals surface area (Å²) in [5.41, 5.74) is 1.16. The van der Waals surface area contributed by atoms with E-state index in [-0.39, 0.29) is 6.54 Å². The Bertz CT molecular complexity index is 1320. The molecule has 0 aliphatic carbocycles. The Morgan fingerprint density at radius 1 is 1.08 bits per heavy atom. The minimum absolute atomic E-state index is 0.0248. The van der Waals surface area contributed by atoms with E-state index in [4.69, 9.17) is 9.72 Å². The van der Waals surface area contributed by atoms with Crippen molar-refractivity contribution >= 4 is 34.2 Å². The second-order valence-electron chi connectivity index (χ2n) is 11.7. The highest BCUT2D eigenvalue weighted by Crippen LogP contribution is 2.42. The van der Waals surface area contributed by atoms with E-state index in [0.717, 1.165) is 49.9 Å². The minimum atomic E-state index is -1.72. The third-order valence-corrected chi connectivity index (χ3v) is 8.46. The fourth-order valence-corrected chi connectivity index (χ4v) is 5.92. The van der Waals surface area contributed by atoms with Gasteiger partial charge in [-0.3, -0.25) is 0 Å². The first-order valence-electron chi connectivity index (χ1n) is 13.6. The number of rotatable bonds is 5. The maximum atomic E-state index is 14.7. The predicted molar refractivity (Wildman–Crippen MR) is 146 cm³/mol. The number of fused-ring (bicyclic) bond motifs is 1. The average Bonchev–Trinajstić information content (AvgIpc) is 2.89. The summed E-state index contributed by atoms with van der Waals surface area (Å²) < 4.78 is 20.2. The van der Waals surface area contributed by atoms with Crippen LogP contribution in [0.1, 0.15) is 51.5 Å². The second kappa shape index (κ2) is 9.57. The zero-order valence-corrected chi connectivity index (χ0v) is 22.3. The molecule has 3 aliphatic rings. The standard InChI is InChI=1S/C28H36FN7O2/c1-18(2)19-4-5-22(35-10-7-28(8-11-35)15-38-16-28)21-13-30-24(12-20(19)21)33-25-31-17-32-26(34-25)36-9-6-23(37)27(3,29)14-36/h4-5,12-13,17-18,23,37H,6-11,14-16H2,1-3H3,(H,30,31,32,33,34)/t23-,27+/m1/s1. The zero-order valence-electron chi connectivity index (χ0n) is 22.3. The van der Waals surface area contributed by atoms with Crippen LogP contribution in [-0.2, 0) is 4.74 Å². The molecule has 0 amide bonds. The average molecular weight is 522 g/mol. The lowest BCUT2D eigenvalue weighted by atomic mass is 9.76. The van der Waals surface area contributed by atoms with Crippen LogP contribution in [0.3, 0.4) is 0 Å². The molecule has 0 saturated carbocycles. The summed E-state index contributed by atoms with van der Waals surface area (Å²) in [7, 11) is 0. The molecule has 2 atom stereocenters. The molecule has 1 spiro atoms. The molecule has 0 radical (unpaired) electrons. The third kappa shape index (κ3) is 4.64. The van der Waals surface area contributed by atoms with E-state index in [2.05, 4.69) is 57.2 Å². The maximum Gasteiger partial charge on any atom is 0.233 e. The topological polar surface area (TPSA) is 99.5 Å². The van der Waals surface area contributed by atoms with Gasteiger partial charge in [-0.1, -0.05) is 19.9 Å².